The number of benzene rings is 3. The quantitative estimate of drug-likeness (QED) is 0.184. The highest BCUT2D eigenvalue weighted by Crippen LogP contribution is 2.48. The minimum Gasteiger partial charge on any atom is -0.492 e. The molecule has 0 N–H and O–H groups in total. The van der Waals surface area contributed by atoms with Crippen molar-refractivity contribution in [2.75, 3.05) is 26.2 Å². The summed E-state index contributed by atoms with van der Waals surface area (Å²) >= 11 is 0. The lowest BCUT2D eigenvalue weighted by molar-refractivity contribution is -0.143. The number of rotatable bonds is 8. The Hall–Kier alpha value is -4.10. The Morgan fingerprint density at radius 2 is 1.33 bits per heavy atom. The van der Waals surface area contributed by atoms with E-state index in [1.807, 2.05) is 96.1 Å². The van der Waals surface area contributed by atoms with Gasteiger partial charge >= 0.3 is 11.9 Å². The lowest BCUT2D eigenvalue weighted by atomic mass is 9.86. The van der Waals surface area contributed by atoms with E-state index in [-0.39, 0.29) is 11.9 Å². The second kappa shape index (κ2) is 13.7. The molecule has 2 aliphatic rings. The minimum absolute atomic E-state index is 0.287. The van der Waals surface area contributed by atoms with Crippen molar-refractivity contribution in [3.63, 3.8) is 0 Å². The van der Waals surface area contributed by atoms with E-state index in [1.54, 1.807) is 12.1 Å². The Kier molecular flexibility index (Phi) is 9.92. The first-order chi connectivity index (χ1) is 21.8. The van der Waals surface area contributed by atoms with E-state index in [0.717, 1.165) is 53.2 Å². The van der Waals surface area contributed by atoms with Gasteiger partial charge in [-0.2, -0.15) is 0 Å². The first-order valence-corrected chi connectivity index (χ1v) is 16.3. The summed E-state index contributed by atoms with van der Waals surface area (Å²) in [4.78, 5) is 27.6. The fourth-order valence-corrected chi connectivity index (χ4v) is 5.54. The molecule has 46 heavy (non-hydrogen) atoms. The van der Waals surface area contributed by atoms with Crippen LogP contribution in [0.1, 0.15) is 90.5 Å². The summed E-state index contributed by atoms with van der Waals surface area (Å²) in [5, 5.41) is 0. The summed E-state index contributed by atoms with van der Waals surface area (Å²) in [6.07, 6.45) is 3.41. The van der Waals surface area contributed by atoms with E-state index >= 15 is 0 Å². The van der Waals surface area contributed by atoms with E-state index in [2.05, 4.69) is 11.8 Å². The van der Waals surface area contributed by atoms with Crippen LogP contribution in [0.15, 0.2) is 66.7 Å². The van der Waals surface area contributed by atoms with Gasteiger partial charge in [-0.25, -0.2) is 0 Å². The van der Waals surface area contributed by atoms with Gasteiger partial charge in [-0.05, 0) is 127 Å². The monoisotopic (exact) mass is 625 g/mol. The van der Waals surface area contributed by atoms with E-state index in [4.69, 9.17) is 18.9 Å². The molecule has 0 radical (unpaired) electrons. The maximum atomic E-state index is 12.6. The van der Waals surface area contributed by atoms with E-state index in [0.29, 0.717) is 23.9 Å². The van der Waals surface area contributed by atoms with Crippen molar-refractivity contribution in [2.24, 2.45) is 10.8 Å². The summed E-state index contributed by atoms with van der Waals surface area (Å²) in [6.45, 7) is 16.9. The van der Waals surface area contributed by atoms with E-state index in [9.17, 15) is 9.59 Å². The third kappa shape index (κ3) is 8.00. The SMILES string of the molecule is CC1=C(c2ccc(OC(=O)C(C)(C)C)cc2)[C@@H](c2ccc(OCCN3CCCCC3)cc2)Oc2cc(OC(=O)C(C)(C)C)ccc21. The van der Waals surface area contributed by atoms with Gasteiger partial charge in [-0.1, -0.05) is 30.7 Å². The number of likely N-dealkylation sites (tertiary alicyclic amines) is 1. The highest BCUT2D eigenvalue weighted by molar-refractivity contribution is 5.96. The summed E-state index contributed by atoms with van der Waals surface area (Å²) in [7, 11) is 0. The summed E-state index contributed by atoms with van der Waals surface area (Å²) in [5.74, 6) is 1.80. The first-order valence-electron chi connectivity index (χ1n) is 16.3. The molecule has 0 saturated carbocycles. The lowest BCUT2D eigenvalue weighted by Gasteiger charge is -2.31. The zero-order chi connectivity index (χ0) is 33.1. The predicted molar refractivity (Wildman–Crippen MR) is 181 cm³/mol. The Bertz CT molecular complexity index is 1570. The number of hydrogen-bond donors (Lipinski definition) is 0. The number of carbonyl (C=O) groups excluding carboxylic acids is 2. The van der Waals surface area contributed by atoms with Crippen LogP contribution in [0, 0.1) is 10.8 Å². The lowest BCUT2D eigenvalue weighted by Crippen LogP contribution is -2.33. The molecular formula is C39H47NO6. The molecule has 0 spiro atoms. The highest BCUT2D eigenvalue weighted by Gasteiger charge is 2.31. The Morgan fingerprint density at radius 1 is 0.761 bits per heavy atom. The molecule has 3 aromatic carbocycles. The average molecular weight is 626 g/mol. The topological polar surface area (TPSA) is 74.3 Å². The standard InChI is InChI=1S/C39H47NO6/c1-26-32-20-19-31(45-37(42)39(5,6)7)25-33(32)46-35(34(26)27-11-17-30(18-12-27)44-36(41)38(2,3)4)28-13-15-29(16-14-28)43-24-23-40-21-9-8-10-22-40/h11-20,25,35H,8-10,21-24H2,1-7H3/t35-/m1/s1. The van der Waals surface area contributed by atoms with E-state index < -0.39 is 16.9 Å². The van der Waals surface area contributed by atoms with Gasteiger partial charge in [-0.15, -0.1) is 0 Å². The van der Waals surface area contributed by atoms with Crippen LogP contribution in [0.3, 0.4) is 0 Å². The molecule has 3 aromatic rings. The Balaban J connectivity index is 1.43. The van der Waals surface area contributed by atoms with Crippen LogP contribution in [-0.2, 0) is 9.59 Å². The molecule has 1 saturated heterocycles. The van der Waals surface area contributed by atoms with Gasteiger partial charge in [0.15, 0.2) is 0 Å². The summed E-state index contributed by atoms with van der Waals surface area (Å²) < 4.78 is 24.2. The van der Waals surface area contributed by atoms with Gasteiger partial charge in [0.05, 0.1) is 10.8 Å². The van der Waals surface area contributed by atoms with Gasteiger partial charge in [0.1, 0.15) is 35.7 Å². The third-order valence-electron chi connectivity index (χ3n) is 8.39. The molecule has 0 amide bonds. The van der Waals surface area contributed by atoms with Crippen molar-refractivity contribution in [1.82, 2.24) is 4.90 Å². The number of allylic oxidation sites excluding steroid dienone is 1. The summed E-state index contributed by atoms with van der Waals surface area (Å²) in [5.41, 5.74) is 3.64. The second-order valence-electron chi connectivity index (χ2n) is 14.3. The molecule has 0 bridgehead atoms. The number of hydrogen-bond acceptors (Lipinski definition) is 7. The van der Waals surface area contributed by atoms with Crippen LogP contribution >= 0.6 is 0 Å². The molecule has 2 heterocycles. The fourth-order valence-electron chi connectivity index (χ4n) is 5.54. The van der Waals surface area contributed by atoms with Crippen LogP contribution in [-0.4, -0.2) is 43.1 Å². The number of carbonyl (C=O) groups is 2. The van der Waals surface area contributed by atoms with Gasteiger partial charge in [0.25, 0.3) is 0 Å². The van der Waals surface area contributed by atoms with Crippen molar-refractivity contribution >= 4 is 23.1 Å². The molecule has 0 aromatic heterocycles. The van der Waals surface area contributed by atoms with Crippen LogP contribution in [0.25, 0.3) is 11.1 Å². The Morgan fingerprint density at radius 3 is 1.93 bits per heavy atom. The predicted octanol–water partition coefficient (Wildman–Crippen LogP) is 8.52. The Labute approximate surface area is 273 Å². The second-order valence-corrected chi connectivity index (χ2v) is 14.3. The maximum absolute atomic E-state index is 12.6. The van der Waals surface area contributed by atoms with E-state index in [1.165, 1.54) is 19.3 Å². The van der Waals surface area contributed by atoms with Gasteiger partial charge in [0, 0.05) is 23.7 Å². The highest BCUT2D eigenvalue weighted by atomic mass is 16.5. The van der Waals surface area contributed by atoms with Crippen LogP contribution < -0.4 is 18.9 Å². The smallest absolute Gasteiger partial charge is 0.316 e. The molecule has 7 nitrogen and oxygen atoms in total. The minimum atomic E-state index is -0.632. The van der Waals surface area contributed by atoms with Crippen molar-refractivity contribution in [3.05, 3.63) is 83.4 Å². The molecule has 1 fully saturated rings. The molecule has 1 atom stereocenters. The number of ether oxygens (including phenoxy) is 4. The van der Waals surface area contributed by atoms with Crippen LogP contribution in [0.5, 0.6) is 23.0 Å². The van der Waals surface area contributed by atoms with Crippen molar-refractivity contribution in [3.8, 4) is 23.0 Å². The van der Waals surface area contributed by atoms with Gasteiger partial charge < -0.3 is 18.9 Å². The van der Waals surface area contributed by atoms with Crippen molar-refractivity contribution < 1.29 is 28.5 Å². The number of piperidine rings is 1. The van der Waals surface area contributed by atoms with Gasteiger partial charge in [0.2, 0.25) is 0 Å². The zero-order valence-electron chi connectivity index (χ0n) is 28.3. The van der Waals surface area contributed by atoms with Crippen LogP contribution in [0.2, 0.25) is 0 Å². The molecule has 0 aliphatic carbocycles. The average Bonchev–Trinajstić information content (AvgIpc) is 3.01. The van der Waals surface area contributed by atoms with Crippen LogP contribution in [0.4, 0.5) is 0 Å². The normalized spacial score (nSPS) is 17.2. The molecule has 244 valence electrons. The molecule has 2 aliphatic heterocycles. The molecular weight excluding hydrogens is 578 g/mol. The zero-order valence-corrected chi connectivity index (χ0v) is 28.3. The first kappa shape index (κ1) is 33.3. The number of esters is 2. The fraction of sp³-hybridized carbons (Fsp3) is 0.436. The van der Waals surface area contributed by atoms with Crippen molar-refractivity contribution in [1.29, 1.82) is 0 Å². The maximum Gasteiger partial charge on any atom is 0.316 e. The van der Waals surface area contributed by atoms with Crippen molar-refractivity contribution in [2.45, 2.75) is 73.8 Å². The van der Waals surface area contributed by atoms with Gasteiger partial charge in [-0.3, -0.25) is 14.5 Å². The molecule has 7 heteroatoms. The molecule has 0 unspecified atom stereocenters. The number of fused-ring (bicyclic) bond motifs is 1. The molecule has 5 rings (SSSR count). The summed E-state index contributed by atoms with van der Waals surface area (Å²) in [6, 6.07) is 21.2. The largest absolute Gasteiger partial charge is 0.492 e. The third-order valence-corrected chi connectivity index (χ3v) is 8.39. The number of nitrogens with zero attached hydrogens (tertiary/aromatic N) is 1.